The average Bonchev–Trinajstić information content (AvgIpc) is 3.43. The van der Waals surface area contributed by atoms with Crippen molar-refractivity contribution in [3.05, 3.63) is 82.8 Å². The smallest absolute Gasteiger partial charge is 0.180 e. The number of aromatic nitrogens is 6. The standard InChI is InChI=1S/C24H21F3N6O/c1-14-12-32(13-29-14)24-20(34-2)8-15(11-28-24)5-6-21-30-23-17(4-3-7-33(23)31-21)22-18(26)9-16(25)10-19(22)27/h5-6,8-13,17H,3-4,7H2,1-2H3/b6-5+. The lowest BCUT2D eigenvalue weighted by Gasteiger charge is -2.23. The molecule has 0 bridgehead atoms. The van der Waals surface area contributed by atoms with Crippen LogP contribution >= 0.6 is 0 Å². The highest BCUT2D eigenvalue weighted by atomic mass is 19.1. The second kappa shape index (κ2) is 8.77. The van der Waals surface area contributed by atoms with E-state index >= 15 is 0 Å². The van der Waals surface area contributed by atoms with Crippen molar-refractivity contribution in [1.82, 2.24) is 29.3 Å². The number of nitrogens with zero attached hydrogens (tertiary/aromatic N) is 6. The lowest BCUT2D eigenvalue weighted by Crippen LogP contribution is -2.20. The number of aryl methyl sites for hydroxylation is 2. The Balaban J connectivity index is 1.43. The molecule has 0 N–H and O–H groups in total. The van der Waals surface area contributed by atoms with Gasteiger partial charge in [0.25, 0.3) is 0 Å². The van der Waals surface area contributed by atoms with Crippen molar-refractivity contribution in [1.29, 1.82) is 0 Å². The number of methoxy groups -OCH3 is 1. The van der Waals surface area contributed by atoms with E-state index in [1.807, 2.05) is 19.2 Å². The van der Waals surface area contributed by atoms with Gasteiger partial charge in [0, 0.05) is 42.6 Å². The molecule has 0 fully saturated rings. The molecule has 5 rings (SSSR count). The van der Waals surface area contributed by atoms with Crippen LogP contribution in [0.5, 0.6) is 5.75 Å². The Kier molecular flexibility index (Phi) is 5.64. The summed E-state index contributed by atoms with van der Waals surface area (Å²) < 4.78 is 51.1. The Hall–Kier alpha value is -3.95. The summed E-state index contributed by atoms with van der Waals surface area (Å²) in [6, 6.07) is 3.23. The van der Waals surface area contributed by atoms with Crippen molar-refractivity contribution in [2.45, 2.75) is 32.2 Å². The van der Waals surface area contributed by atoms with E-state index < -0.39 is 23.4 Å². The van der Waals surface area contributed by atoms with Gasteiger partial charge in [-0.15, -0.1) is 0 Å². The second-order valence-electron chi connectivity index (χ2n) is 8.08. The minimum Gasteiger partial charge on any atom is -0.493 e. The van der Waals surface area contributed by atoms with Crippen LogP contribution in [0.1, 0.15) is 47.2 Å². The lowest BCUT2D eigenvalue weighted by molar-refractivity contribution is 0.410. The first-order valence-corrected chi connectivity index (χ1v) is 10.7. The molecule has 1 unspecified atom stereocenters. The van der Waals surface area contributed by atoms with Crippen LogP contribution in [0.2, 0.25) is 0 Å². The van der Waals surface area contributed by atoms with E-state index in [4.69, 9.17) is 4.74 Å². The minimum atomic E-state index is -0.946. The molecule has 34 heavy (non-hydrogen) atoms. The summed E-state index contributed by atoms with van der Waals surface area (Å²) in [4.78, 5) is 13.2. The maximum absolute atomic E-state index is 14.4. The Morgan fingerprint density at radius 3 is 2.59 bits per heavy atom. The SMILES string of the molecule is COc1cc(/C=C/c2nc3n(n2)CCCC3c2c(F)cc(F)cc2F)cnc1-n1cnc(C)c1. The molecule has 0 saturated heterocycles. The van der Waals surface area contributed by atoms with Crippen molar-refractivity contribution >= 4 is 12.2 Å². The average molecular weight is 466 g/mol. The van der Waals surface area contributed by atoms with Crippen LogP contribution in [-0.4, -0.2) is 36.4 Å². The summed E-state index contributed by atoms with van der Waals surface area (Å²) in [5.74, 6) is -1.37. The molecule has 1 aliphatic heterocycles. The van der Waals surface area contributed by atoms with Crippen molar-refractivity contribution in [2.75, 3.05) is 7.11 Å². The Labute approximate surface area is 193 Å². The van der Waals surface area contributed by atoms with Gasteiger partial charge in [-0.05, 0) is 43.5 Å². The number of hydrogen-bond donors (Lipinski definition) is 0. The first kappa shape index (κ1) is 21.9. The van der Waals surface area contributed by atoms with Gasteiger partial charge in [0.05, 0.1) is 12.8 Å². The van der Waals surface area contributed by atoms with E-state index in [2.05, 4.69) is 20.1 Å². The van der Waals surface area contributed by atoms with E-state index in [9.17, 15) is 13.2 Å². The third-order valence-corrected chi connectivity index (χ3v) is 5.74. The summed E-state index contributed by atoms with van der Waals surface area (Å²) in [7, 11) is 1.57. The van der Waals surface area contributed by atoms with Gasteiger partial charge in [0.1, 0.15) is 29.6 Å². The van der Waals surface area contributed by atoms with Crippen LogP contribution in [0.25, 0.3) is 18.0 Å². The second-order valence-corrected chi connectivity index (χ2v) is 8.08. The number of imidazole rings is 1. The summed E-state index contributed by atoms with van der Waals surface area (Å²) >= 11 is 0. The van der Waals surface area contributed by atoms with Crippen LogP contribution in [0.15, 0.2) is 36.9 Å². The lowest BCUT2D eigenvalue weighted by atomic mass is 9.90. The van der Waals surface area contributed by atoms with Gasteiger partial charge in [-0.1, -0.05) is 0 Å². The van der Waals surface area contributed by atoms with Gasteiger partial charge in [0.15, 0.2) is 17.4 Å². The van der Waals surface area contributed by atoms with E-state index in [0.717, 1.165) is 11.3 Å². The van der Waals surface area contributed by atoms with E-state index in [1.165, 1.54) is 0 Å². The van der Waals surface area contributed by atoms with Gasteiger partial charge in [0.2, 0.25) is 0 Å². The molecule has 0 spiro atoms. The maximum atomic E-state index is 14.4. The molecule has 1 atom stereocenters. The van der Waals surface area contributed by atoms with Crippen LogP contribution in [0.3, 0.4) is 0 Å². The molecule has 0 amide bonds. The molecule has 4 heterocycles. The summed E-state index contributed by atoms with van der Waals surface area (Å²) in [5.41, 5.74) is 1.45. The topological polar surface area (TPSA) is 70.7 Å². The summed E-state index contributed by atoms with van der Waals surface area (Å²) in [6.07, 6.45) is 9.87. The highest BCUT2D eigenvalue weighted by Crippen LogP contribution is 2.35. The fourth-order valence-electron chi connectivity index (χ4n) is 4.19. The third kappa shape index (κ3) is 4.07. The largest absolute Gasteiger partial charge is 0.493 e. The van der Waals surface area contributed by atoms with Gasteiger partial charge < -0.3 is 4.74 Å². The van der Waals surface area contributed by atoms with E-state index in [-0.39, 0.29) is 5.56 Å². The normalized spacial score (nSPS) is 15.6. The highest BCUT2D eigenvalue weighted by molar-refractivity contribution is 5.67. The molecule has 1 aromatic carbocycles. The van der Waals surface area contributed by atoms with Crippen LogP contribution < -0.4 is 4.74 Å². The fourth-order valence-corrected chi connectivity index (χ4v) is 4.19. The zero-order valence-corrected chi connectivity index (χ0v) is 18.5. The molecule has 3 aromatic heterocycles. The summed E-state index contributed by atoms with van der Waals surface area (Å²) in [6.45, 7) is 2.48. The van der Waals surface area contributed by atoms with Crippen LogP contribution in [0.4, 0.5) is 13.2 Å². The first-order chi connectivity index (χ1) is 16.4. The number of halogens is 3. The Morgan fingerprint density at radius 1 is 1.09 bits per heavy atom. The molecule has 7 nitrogen and oxygen atoms in total. The first-order valence-electron chi connectivity index (χ1n) is 10.7. The predicted octanol–water partition coefficient (Wildman–Crippen LogP) is 4.69. The maximum Gasteiger partial charge on any atom is 0.180 e. The molecule has 10 heteroatoms. The Morgan fingerprint density at radius 2 is 1.88 bits per heavy atom. The minimum absolute atomic E-state index is 0.176. The third-order valence-electron chi connectivity index (χ3n) is 5.74. The number of benzene rings is 1. The molecule has 1 aliphatic rings. The van der Waals surface area contributed by atoms with Gasteiger partial charge in [-0.2, -0.15) is 5.10 Å². The molecule has 174 valence electrons. The van der Waals surface area contributed by atoms with Gasteiger partial charge in [-0.25, -0.2) is 32.8 Å². The Bertz CT molecular complexity index is 1370. The summed E-state index contributed by atoms with van der Waals surface area (Å²) in [5, 5.41) is 4.46. The van der Waals surface area contributed by atoms with E-state index in [0.29, 0.717) is 54.7 Å². The zero-order chi connectivity index (χ0) is 23.8. The van der Waals surface area contributed by atoms with Crippen molar-refractivity contribution in [3.63, 3.8) is 0 Å². The molecule has 0 aliphatic carbocycles. The predicted molar refractivity (Wildman–Crippen MR) is 119 cm³/mol. The van der Waals surface area contributed by atoms with Gasteiger partial charge in [-0.3, -0.25) is 4.57 Å². The molecule has 0 radical (unpaired) electrons. The molecular weight excluding hydrogens is 445 g/mol. The highest BCUT2D eigenvalue weighted by Gasteiger charge is 2.30. The fraction of sp³-hybridized carbons (Fsp3) is 0.250. The van der Waals surface area contributed by atoms with Crippen LogP contribution in [-0.2, 0) is 6.54 Å². The van der Waals surface area contributed by atoms with E-state index in [1.54, 1.807) is 41.0 Å². The van der Waals surface area contributed by atoms with Crippen molar-refractivity contribution in [2.24, 2.45) is 0 Å². The number of hydrogen-bond acceptors (Lipinski definition) is 5. The quantitative estimate of drug-likeness (QED) is 0.427. The molecular formula is C24H21F3N6O. The van der Waals surface area contributed by atoms with Crippen molar-refractivity contribution in [3.8, 4) is 11.6 Å². The monoisotopic (exact) mass is 466 g/mol. The number of pyridine rings is 1. The van der Waals surface area contributed by atoms with Crippen LogP contribution in [0, 0.1) is 24.4 Å². The molecule has 4 aromatic rings. The number of ether oxygens (including phenoxy) is 1. The molecule has 0 saturated carbocycles. The van der Waals surface area contributed by atoms with Crippen molar-refractivity contribution < 1.29 is 17.9 Å². The zero-order valence-electron chi connectivity index (χ0n) is 18.5. The van der Waals surface area contributed by atoms with Gasteiger partial charge >= 0.3 is 0 Å². The number of rotatable bonds is 5. The number of fused-ring (bicyclic) bond motifs is 1.